The number of carbonyl (C=O) groups excluding carboxylic acids is 1. The smallest absolute Gasteiger partial charge is 0.416 e. The number of hydrogen-bond donors (Lipinski definition) is 2. The standard InChI is InChI=1S/C21H20F5N3O3/c1-12-6-15(22)2-3-17(12)29-5-4-28(20(31)32)11-18(29)19(30)27-10-13-7-14(21(24,25)26)9-16(23)8-13/h2-3,6-9,18H,4-5,10-11H2,1H3,(H,27,30)(H,31,32). The van der Waals surface area contributed by atoms with Crippen LogP contribution in [0.15, 0.2) is 36.4 Å². The molecule has 2 aromatic carbocycles. The van der Waals surface area contributed by atoms with Crippen LogP contribution in [0.2, 0.25) is 0 Å². The zero-order chi connectivity index (χ0) is 23.6. The number of anilines is 1. The molecular weight excluding hydrogens is 437 g/mol. The number of nitrogens with one attached hydrogen (secondary N) is 1. The molecule has 172 valence electrons. The number of benzene rings is 2. The third-order valence-corrected chi connectivity index (χ3v) is 5.17. The molecule has 0 aliphatic carbocycles. The van der Waals surface area contributed by atoms with Gasteiger partial charge in [0.1, 0.15) is 17.7 Å². The Bertz CT molecular complexity index is 1030. The van der Waals surface area contributed by atoms with E-state index in [2.05, 4.69) is 5.32 Å². The van der Waals surface area contributed by atoms with Crippen molar-refractivity contribution in [2.45, 2.75) is 25.7 Å². The second kappa shape index (κ2) is 9.01. The highest BCUT2D eigenvalue weighted by Gasteiger charge is 2.35. The molecule has 3 rings (SSSR count). The van der Waals surface area contributed by atoms with Crippen molar-refractivity contribution in [1.29, 1.82) is 0 Å². The van der Waals surface area contributed by atoms with E-state index < -0.39 is 41.4 Å². The van der Waals surface area contributed by atoms with Crippen LogP contribution >= 0.6 is 0 Å². The summed E-state index contributed by atoms with van der Waals surface area (Å²) in [5.41, 5.74) is -0.214. The maximum Gasteiger partial charge on any atom is 0.416 e. The predicted molar refractivity (Wildman–Crippen MR) is 105 cm³/mol. The van der Waals surface area contributed by atoms with Crippen LogP contribution in [-0.2, 0) is 17.5 Å². The average Bonchev–Trinajstić information content (AvgIpc) is 2.70. The Kier molecular flexibility index (Phi) is 6.56. The van der Waals surface area contributed by atoms with E-state index in [0.29, 0.717) is 17.3 Å². The van der Waals surface area contributed by atoms with Crippen molar-refractivity contribution in [1.82, 2.24) is 10.2 Å². The van der Waals surface area contributed by atoms with E-state index in [0.717, 1.165) is 17.0 Å². The van der Waals surface area contributed by atoms with Gasteiger partial charge in [-0.15, -0.1) is 0 Å². The first-order chi connectivity index (χ1) is 15.0. The van der Waals surface area contributed by atoms with Gasteiger partial charge < -0.3 is 20.2 Å². The summed E-state index contributed by atoms with van der Waals surface area (Å²) in [6.45, 7) is 1.31. The summed E-state index contributed by atoms with van der Waals surface area (Å²) in [6.07, 6.45) is -5.97. The quantitative estimate of drug-likeness (QED) is 0.686. The molecule has 2 aromatic rings. The minimum Gasteiger partial charge on any atom is -0.465 e. The topological polar surface area (TPSA) is 72.9 Å². The molecule has 1 aliphatic rings. The lowest BCUT2D eigenvalue weighted by molar-refractivity contribution is -0.137. The fraction of sp³-hybridized carbons (Fsp3) is 0.333. The average molecular weight is 457 g/mol. The van der Waals surface area contributed by atoms with Crippen molar-refractivity contribution in [2.24, 2.45) is 0 Å². The Morgan fingerprint density at radius 1 is 1.09 bits per heavy atom. The van der Waals surface area contributed by atoms with Gasteiger partial charge in [0.2, 0.25) is 5.91 Å². The van der Waals surface area contributed by atoms with Crippen LogP contribution in [0.5, 0.6) is 0 Å². The number of amides is 2. The summed E-state index contributed by atoms with van der Waals surface area (Å²) in [4.78, 5) is 27.0. The Labute approximate surface area is 180 Å². The third kappa shape index (κ3) is 5.27. The molecule has 2 amide bonds. The first kappa shape index (κ1) is 23.3. The van der Waals surface area contributed by atoms with Gasteiger partial charge in [0.25, 0.3) is 0 Å². The number of hydrogen-bond acceptors (Lipinski definition) is 3. The number of carbonyl (C=O) groups is 2. The van der Waals surface area contributed by atoms with Gasteiger partial charge in [-0.1, -0.05) is 0 Å². The van der Waals surface area contributed by atoms with Crippen LogP contribution in [-0.4, -0.2) is 47.7 Å². The number of halogens is 5. The molecule has 1 fully saturated rings. The van der Waals surface area contributed by atoms with Crippen molar-refractivity contribution in [2.75, 3.05) is 24.5 Å². The van der Waals surface area contributed by atoms with Crippen LogP contribution in [0, 0.1) is 18.6 Å². The number of alkyl halides is 3. The summed E-state index contributed by atoms with van der Waals surface area (Å²) in [6, 6.07) is 4.92. The summed E-state index contributed by atoms with van der Waals surface area (Å²) in [5.74, 6) is -2.22. The normalized spacial score (nSPS) is 16.8. The number of nitrogens with zero attached hydrogens (tertiary/aromatic N) is 2. The maximum atomic E-state index is 13.6. The Hall–Kier alpha value is -3.37. The monoisotopic (exact) mass is 457 g/mol. The molecule has 32 heavy (non-hydrogen) atoms. The first-order valence-electron chi connectivity index (χ1n) is 9.60. The van der Waals surface area contributed by atoms with Crippen molar-refractivity contribution in [3.8, 4) is 0 Å². The zero-order valence-electron chi connectivity index (χ0n) is 16.9. The van der Waals surface area contributed by atoms with Crippen molar-refractivity contribution in [3.05, 3.63) is 64.7 Å². The molecule has 1 aliphatic heterocycles. The number of aryl methyl sites for hydroxylation is 1. The van der Waals surface area contributed by atoms with Gasteiger partial charge in [0, 0.05) is 25.3 Å². The molecule has 0 spiro atoms. The van der Waals surface area contributed by atoms with E-state index >= 15 is 0 Å². The minimum absolute atomic E-state index is 0.0962. The SMILES string of the molecule is Cc1cc(F)ccc1N1CCN(C(=O)O)CC1C(=O)NCc1cc(F)cc(C(F)(F)F)c1. The van der Waals surface area contributed by atoms with Gasteiger partial charge in [0.05, 0.1) is 12.1 Å². The van der Waals surface area contributed by atoms with Crippen molar-refractivity contribution >= 4 is 17.7 Å². The van der Waals surface area contributed by atoms with Gasteiger partial charge in [-0.05, 0) is 54.4 Å². The highest BCUT2D eigenvalue weighted by Crippen LogP contribution is 2.30. The molecule has 1 saturated heterocycles. The molecule has 2 N–H and O–H groups in total. The summed E-state index contributed by atoms with van der Waals surface area (Å²) < 4.78 is 65.9. The van der Waals surface area contributed by atoms with Crippen LogP contribution < -0.4 is 10.2 Å². The third-order valence-electron chi connectivity index (χ3n) is 5.17. The van der Waals surface area contributed by atoms with Crippen molar-refractivity contribution < 1.29 is 36.6 Å². The molecule has 0 aromatic heterocycles. The highest BCUT2D eigenvalue weighted by atomic mass is 19.4. The zero-order valence-corrected chi connectivity index (χ0v) is 16.9. The van der Waals surface area contributed by atoms with Crippen LogP contribution in [0.4, 0.5) is 32.4 Å². The van der Waals surface area contributed by atoms with E-state index in [-0.39, 0.29) is 31.7 Å². The fourth-order valence-electron chi connectivity index (χ4n) is 3.63. The second-order valence-corrected chi connectivity index (χ2v) is 7.43. The Morgan fingerprint density at radius 2 is 1.81 bits per heavy atom. The van der Waals surface area contributed by atoms with E-state index in [1.54, 1.807) is 11.8 Å². The largest absolute Gasteiger partial charge is 0.465 e. The number of rotatable bonds is 4. The maximum absolute atomic E-state index is 13.6. The summed E-state index contributed by atoms with van der Waals surface area (Å²) in [5, 5.41) is 11.8. The first-order valence-corrected chi connectivity index (χ1v) is 9.60. The van der Waals surface area contributed by atoms with Gasteiger partial charge in [-0.3, -0.25) is 4.79 Å². The molecule has 11 heteroatoms. The second-order valence-electron chi connectivity index (χ2n) is 7.43. The molecule has 1 unspecified atom stereocenters. The predicted octanol–water partition coefficient (Wildman–Crippen LogP) is 3.78. The van der Waals surface area contributed by atoms with Crippen molar-refractivity contribution in [3.63, 3.8) is 0 Å². The lowest BCUT2D eigenvalue weighted by atomic mass is 10.1. The van der Waals surface area contributed by atoms with Gasteiger partial charge in [-0.2, -0.15) is 13.2 Å². The minimum atomic E-state index is -4.75. The van der Waals surface area contributed by atoms with E-state index in [9.17, 15) is 36.6 Å². The number of piperazine rings is 1. The molecule has 0 bridgehead atoms. The van der Waals surface area contributed by atoms with E-state index in [4.69, 9.17) is 0 Å². The number of carboxylic acid groups (broad SMARTS) is 1. The van der Waals surface area contributed by atoms with Gasteiger partial charge in [0.15, 0.2) is 0 Å². The lowest BCUT2D eigenvalue weighted by Crippen LogP contribution is -2.60. The van der Waals surface area contributed by atoms with Crippen LogP contribution in [0.25, 0.3) is 0 Å². The molecular formula is C21H20F5N3O3. The van der Waals surface area contributed by atoms with E-state index in [1.165, 1.54) is 18.2 Å². The van der Waals surface area contributed by atoms with E-state index in [1.807, 2.05) is 0 Å². The summed E-state index contributed by atoms with van der Waals surface area (Å²) >= 11 is 0. The van der Waals surface area contributed by atoms with Crippen LogP contribution in [0.3, 0.4) is 0 Å². The van der Waals surface area contributed by atoms with Gasteiger partial charge >= 0.3 is 12.3 Å². The summed E-state index contributed by atoms with van der Waals surface area (Å²) in [7, 11) is 0. The fourth-order valence-corrected chi connectivity index (χ4v) is 3.63. The van der Waals surface area contributed by atoms with Crippen LogP contribution in [0.1, 0.15) is 16.7 Å². The lowest BCUT2D eigenvalue weighted by Gasteiger charge is -2.41. The molecule has 1 heterocycles. The van der Waals surface area contributed by atoms with Gasteiger partial charge in [-0.25, -0.2) is 13.6 Å². The Balaban J connectivity index is 1.82. The Morgan fingerprint density at radius 3 is 2.44 bits per heavy atom. The molecule has 1 atom stereocenters. The molecule has 0 radical (unpaired) electrons. The molecule has 6 nitrogen and oxygen atoms in total. The molecule has 0 saturated carbocycles. The highest BCUT2D eigenvalue weighted by molar-refractivity contribution is 5.87.